The maximum atomic E-state index is 6.38. The summed E-state index contributed by atoms with van der Waals surface area (Å²) in [6, 6.07) is 8.25. The zero-order valence-corrected chi connectivity index (χ0v) is 17.0. The summed E-state index contributed by atoms with van der Waals surface area (Å²) in [6.45, 7) is 7.86. The van der Waals surface area contributed by atoms with Gasteiger partial charge in [0, 0.05) is 31.1 Å². The topological polar surface area (TPSA) is 68.8 Å². The van der Waals surface area contributed by atoms with Crippen LogP contribution in [0.3, 0.4) is 0 Å². The number of hydrogen-bond acceptors (Lipinski definition) is 5. The SMILES string of the molecule is CCc1noc(-c2ccc(CCNCc3c(C(C)C)nn(C)c3Cl)cc2)n1. The number of benzene rings is 1. The number of halogens is 1. The van der Waals surface area contributed by atoms with Gasteiger partial charge in [-0.3, -0.25) is 4.68 Å². The second-order valence-electron chi connectivity index (χ2n) is 6.93. The third kappa shape index (κ3) is 4.57. The predicted octanol–water partition coefficient (Wildman–Crippen LogP) is 4.14. The number of nitrogens with zero attached hydrogens (tertiary/aromatic N) is 4. The summed E-state index contributed by atoms with van der Waals surface area (Å²) < 4.78 is 7.02. The second-order valence-corrected chi connectivity index (χ2v) is 7.28. The highest BCUT2D eigenvalue weighted by atomic mass is 35.5. The Morgan fingerprint density at radius 1 is 1.22 bits per heavy atom. The minimum absolute atomic E-state index is 0.353. The van der Waals surface area contributed by atoms with Gasteiger partial charge in [-0.05, 0) is 36.6 Å². The lowest BCUT2D eigenvalue weighted by Gasteiger charge is -2.08. The molecule has 0 aliphatic heterocycles. The van der Waals surface area contributed by atoms with Crippen LogP contribution in [0.25, 0.3) is 11.5 Å². The highest BCUT2D eigenvalue weighted by molar-refractivity contribution is 6.30. The molecular formula is C20H26ClN5O. The van der Waals surface area contributed by atoms with Gasteiger partial charge in [-0.15, -0.1) is 0 Å². The first-order chi connectivity index (χ1) is 13.0. The van der Waals surface area contributed by atoms with Gasteiger partial charge in [0.25, 0.3) is 5.89 Å². The second kappa shape index (κ2) is 8.67. The molecular weight excluding hydrogens is 362 g/mol. The van der Waals surface area contributed by atoms with Gasteiger partial charge in [-0.1, -0.05) is 49.7 Å². The quantitative estimate of drug-likeness (QED) is 0.588. The largest absolute Gasteiger partial charge is 0.334 e. The molecule has 0 saturated carbocycles. The van der Waals surface area contributed by atoms with E-state index >= 15 is 0 Å². The van der Waals surface area contributed by atoms with Crippen LogP contribution in [0.1, 0.15) is 49.3 Å². The summed E-state index contributed by atoms with van der Waals surface area (Å²) >= 11 is 6.38. The lowest BCUT2D eigenvalue weighted by Crippen LogP contribution is -2.17. The van der Waals surface area contributed by atoms with Crippen LogP contribution >= 0.6 is 11.6 Å². The molecule has 0 saturated heterocycles. The third-order valence-corrected chi connectivity index (χ3v) is 5.00. The van der Waals surface area contributed by atoms with E-state index in [2.05, 4.69) is 46.5 Å². The standard InChI is InChI=1S/C20H26ClN5O/c1-5-17-23-20(27-25-17)15-8-6-14(7-9-15)10-11-22-12-16-18(13(2)3)24-26(4)19(16)21/h6-9,13,22H,5,10-12H2,1-4H3. The van der Waals surface area contributed by atoms with E-state index in [-0.39, 0.29) is 0 Å². The molecule has 0 aliphatic rings. The van der Waals surface area contributed by atoms with Crippen LogP contribution in [-0.4, -0.2) is 26.5 Å². The maximum Gasteiger partial charge on any atom is 0.257 e. The molecule has 0 aliphatic carbocycles. The van der Waals surface area contributed by atoms with Crippen molar-refractivity contribution in [3.63, 3.8) is 0 Å². The molecule has 3 aromatic rings. The molecule has 0 radical (unpaired) electrons. The first-order valence-corrected chi connectivity index (χ1v) is 9.71. The van der Waals surface area contributed by atoms with Crippen LogP contribution in [-0.2, 0) is 26.4 Å². The third-order valence-electron chi connectivity index (χ3n) is 4.52. The van der Waals surface area contributed by atoms with Gasteiger partial charge in [-0.25, -0.2) is 0 Å². The molecule has 3 rings (SSSR count). The summed E-state index contributed by atoms with van der Waals surface area (Å²) in [5, 5.41) is 12.6. The van der Waals surface area contributed by atoms with Crippen molar-refractivity contribution in [2.75, 3.05) is 6.54 Å². The number of hydrogen-bond donors (Lipinski definition) is 1. The highest BCUT2D eigenvalue weighted by Crippen LogP contribution is 2.25. The number of nitrogens with one attached hydrogen (secondary N) is 1. The first-order valence-electron chi connectivity index (χ1n) is 9.33. The molecule has 0 atom stereocenters. The lowest BCUT2D eigenvalue weighted by molar-refractivity contribution is 0.423. The van der Waals surface area contributed by atoms with Crippen molar-refractivity contribution in [1.29, 1.82) is 0 Å². The van der Waals surface area contributed by atoms with Crippen molar-refractivity contribution in [3.8, 4) is 11.5 Å². The van der Waals surface area contributed by atoms with E-state index < -0.39 is 0 Å². The van der Waals surface area contributed by atoms with Gasteiger partial charge in [0.1, 0.15) is 5.15 Å². The molecule has 1 aromatic carbocycles. The van der Waals surface area contributed by atoms with Gasteiger partial charge in [0.15, 0.2) is 5.82 Å². The molecule has 7 heteroatoms. The molecule has 0 unspecified atom stereocenters. The average molecular weight is 388 g/mol. The van der Waals surface area contributed by atoms with E-state index in [1.165, 1.54) is 5.56 Å². The zero-order chi connectivity index (χ0) is 19.4. The monoisotopic (exact) mass is 387 g/mol. The first kappa shape index (κ1) is 19.6. The maximum absolute atomic E-state index is 6.38. The Bertz CT molecular complexity index is 882. The summed E-state index contributed by atoms with van der Waals surface area (Å²) in [5.74, 6) is 1.66. The van der Waals surface area contributed by atoms with Crippen molar-refractivity contribution < 1.29 is 4.52 Å². The van der Waals surface area contributed by atoms with Gasteiger partial charge < -0.3 is 9.84 Å². The molecule has 0 bridgehead atoms. The molecule has 0 spiro atoms. The highest BCUT2D eigenvalue weighted by Gasteiger charge is 2.16. The fourth-order valence-corrected chi connectivity index (χ4v) is 3.17. The van der Waals surface area contributed by atoms with E-state index in [9.17, 15) is 0 Å². The molecule has 1 N–H and O–H groups in total. The van der Waals surface area contributed by atoms with Crippen molar-refractivity contribution >= 4 is 11.6 Å². The minimum atomic E-state index is 0.353. The molecule has 27 heavy (non-hydrogen) atoms. The van der Waals surface area contributed by atoms with E-state index in [4.69, 9.17) is 16.1 Å². The van der Waals surface area contributed by atoms with E-state index in [1.54, 1.807) is 4.68 Å². The fourth-order valence-electron chi connectivity index (χ4n) is 2.97. The Balaban J connectivity index is 1.54. The Hall–Kier alpha value is -2.18. The number of aromatic nitrogens is 4. The van der Waals surface area contributed by atoms with E-state index in [0.717, 1.165) is 48.6 Å². The smallest absolute Gasteiger partial charge is 0.257 e. The Morgan fingerprint density at radius 3 is 2.59 bits per heavy atom. The zero-order valence-electron chi connectivity index (χ0n) is 16.3. The van der Waals surface area contributed by atoms with Crippen LogP contribution in [0.2, 0.25) is 5.15 Å². The van der Waals surface area contributed by atoms with Crippen LogP contribution in [0, 0.1) is 0 Å². The number of aryl methyl sites for hydroxylation is 2. The fraction of sp³-hybridized carbons (Fsp3) is 0.450. The summed E-state index contributed by atoms with van der Waals surface area (Å²) in [4.78, 5) is 4.36. The summed E-state index contributed by atoms with van der Waals surface area (Å²) in [6.07, 6.45) is 1.70. The molecule has 0 fully saturated rings. The molecule has 2 aromatic heterocycles. The van der Waals surface area contributed by atoms with Crippen LogP contribution < -0.4 is 5.32 Å². The Kier molecular flexibility index (Phi) is 6.29. The van der Waals surface area contributed by atoms with Crippen molar-refractivity contribution in [2.24, 2.45) is 7.05 Å². The van der Waals surface area contributed by atoms with Gasteiger partial charge >= 0.3 is 0 Å². The predicted molar refractivity (Wildman–Crippen MR) is 107 cm³/mol. The number of rotatable bonds is 8. The lowest BCUT2D eigenvalue weighted by atomic mass is 10.1. The van der Waals surface area contributed by atoms with Gasteiger partial charge in [-0.2, -0.15) is 10.1 Å². The molecule has 144 valence electrons. The summed E-state index contributed by atoms with van der Waals surface area (Å²) in [5.41, 5.74) is 4.35. The summed E-state index contributed by atoms with van der Waals surface area (Å²) in [7, 11) is 1.88. The molecule has 2 heterocycles. The van der Waals surface area contributed by atoms with E-state index in [1.807, 2.05) is 26.1 Å². The van der Waals surface area contributed by atoms with Gasteiger partial charge in [0.2, 0.25) is 0 Å². The molecule has 0 amide bonds. The van der Waals surface area contributed by atoms with Crippen LogP contribution in [0.15, 0.2) is 28.8 Å². The molecule has 6 nitrogen and oxygen atoms in total. The van der Waals surface area contributed by atoms with Crippen molar-refractivity contribution in [2.45, 2.75) is 46.1 Å². The Labute approximate surface area is 164 Å². The van der Waals surface area contributed by atoms with Gasteiger partial charge in [0.05, 0.1) is 5.69 Å². The normalized spacial score (nSPS) is 11.5. The van der Waals surface area contributed by atoms with Crippen LogP contribution in [0.5, 0.6) is 0 Å². The Morgan fingerprint density at radius 2 is 1.96 bits per heavy atom. The minimum Gasteiger partial charge on any atom is -0.334 e. The van der Waals surface area contributed by atoms with E-state index in [0.29, 0.717) is 17.0 Å². The van der Waals surface area contributed by atoms with Crippen molar-refractivity contribution in [3.05, 3.63) is 52.1 Å². The van der Waals surface area contributed by atoms with Crippen molar-refractivity contribution in [1.82, 2.24) is 25.2 Å². The van der Waals surface area contributed by atoms with Crippen LogP contribution in [0.4, 0.5) is 0 Å². The average Bonchev–Trinajstić information content (AvgIpc) is 3.25.